The largest absolute Gasteiger partial charge is 0.336 e. The van der Waals surface area contributed by atoms with Crippen LogP contribution in [0.1, 0.15) is 34.0 Å². The van der Waals surface area contributed by atoms with Crippen LogP contribution in [0.4, 0.5) is 0 Å². The fourth-order valence-electron chi connectivity index (χ4n) is 3.63. The van der Waals surface area contributed by atoms with E-state index in [-0.39, 0.29) is 11.6 Å². The smallest absolute Gasteiger partial charge is 0.276 e. The first-order chi connectivity index (χ1) is 12.7. The van der Waals surface area contributed by atoms with E-state index in [0.29, 0.717) is 10.9 Å². The minimum absolute atomic E-state index is 0.0414. The van der Waals surface area contributed by atoms with Crippen molar-refractivity contribution in [3.8, 4) is 12.3 Å². The topological polar surface area (TPSA) is 74.8 Å². The van der Waals surface area contributed by atoms with Gasteiger partial charge in [0.15, 0.2) is 5.69 Å². The summed E-state index contributed by atoms with van der Waals surface area (Å²) in [5.41, 5.74) is 2.44. The number of rotatable bonds is 3. The van der Waals surface area contributed by atoms with Crippen LogP contribution in [0.15, 0.2) is 53.3 Å². The molecule has 0 radical (unpaired) electrons. The number of benzene rings is 2. The van der Waals surface area contributed by atoms with Crippen molar-refractivity contribution in [2.75, 3.05) is 0 Å². The Balaban J connectivity index is 1.63. The average molecular weight is 343 g/mol. The second kappa shape index (κ2) is 6.49. The van der Waals surface area contributed by atoms with Gasteiger partial charge >= 0.3 is 0 Å². The third kappa shape index (κ3) is 2.66. The Morgan fingerprint density at radius 2 is 2.00 bits per heavy atom. The van der Waals surface area contributed by atoms with Crippen LogP contribution in [0.5, 0.6) is 0 Å². The van der Waals surface area contributed by atoms with Crippen molar-refractivity contribution < 1.29 is 4.79 Å². The Hall–Kier alpha value is -3.39. The van der Waals surface area contributed by atoms with Gasteiger partial charge in [0.1, 0.15) is 0 Å². The SMILES string of the molecule is C#CC(NC(=O)c1n[nH]c2ccccc2c1=O)C1CCc2ccccc21. The van der Waals surface area contributed by atoms with Gasteiger partial charge in [0, 0.05) is 11.3 Å². The summed E-state index contributed by atoms with van der Waals surface area (Å²) in [6.45, 7) is 0. The molecule has 1 amide bonds. The predicted molar refractivity (Wildman–Crippen MR) is 100.0 cm³/mol. The van der Waals surface area contributed by atoms with E-state index in [2.05, 4.69) is 27.5 Å². The van der Waals surface area contributed by atoms with Crippen LogP contribution in [0.25, 0.3) is 10.9 Å². The first-order valence-electron chi connectivity index (χ1n) is 8.51. The van der Waals surface area contributed by atoms with Gasteiger partial charge in [0.2, 0.25) is 5.43 Å². The molecule has 0 saturated carbocycles. The van der Waals surface area contributed by atoms with Gasteiger partial charge in [0.05, 0.1) is 11.6 Å². The Labute approximate surface area is 150 Å². The summed E-state index contributed by atoms with van der Waals surface area (Å²) < 4.78 is 0. The van der Waals surface area contributed by atoms with Crippen LogP contribution in [-0.2, 0) is 6.42 Å². The fraction of sp³-hybridized carbons (Fsp3) is 0.190. The maximum atomic E-state index is 12.7. The Bertz CT molecular complexity index is 1090. The zero-order valence-corrected chi connectivity index (χ0v) is 14.0. The van der Waals surface area contributed by atoms with E-state index in [1.165, 1.54) is 5.56 Å². The molecule has 2 N–H and O–H groups in total. The number of fused-ring (bicyclic) bond motifs is 2. The zero-order valence-electron chi connectivity index (χ0n) is 14.0. The summed E-state index contributed by atoms with van der Waals surface area (Å²) in [5.74, 6) is 2.16. The standard InChI is InChI=1S/C21H17N3O2/c1-2-17(15-12-11-13-7-3-4-8-14(13)15)22-21(26)19-20(25)16-9-5-6-10-18(16)23-24-19/h1,3-10,15,17H,11-12H2,(H,22,26)(H,23,25). The molecular weight excluding hydrogens is 326 g/mol. The highest BCUT2D eigenvalue weighted by atomic mass is 16.2. The van der Waals surface area contributed by atoms with Crippen LogP contribution < -0.4 is 10.7 Å². The predicted octanol–water partition coefficient (Wildman–Crippen LogP) is 2.38. The number of carbonyl (C=O) groups excluding carboxylic acids is 1. The van der Waals surface area contributed by atoms with Gasteiger partial charge in [0.25, 0.3) is 5.91 Å². The lowest BCUT2D eigenvalue weighted by Crippen LogP contribution is -2.40. The zero-order chi connectivity index (χ0) is 18.1. The number of H-pyrrole nitrogens is 1. The molecule has 1 aliphatic rings. The molecule has 0 bridgehead atoms. The van der Waals surface area contributed by atoms with Crippen molar-refractivity contribution in [3.05, 3.63) is 75.6 Å². The highest BCUT2D eigenvalue weighted by Crippen LogP contribution is 2.35. The number of terminal acetylenes is 1. The van der Waals surface area contributed by atoms with E-state index in [1.807, 2.05) is 18.2 Å². The van der Waals surface area contributed by atoms with E-state index in [1.54, 1.807) is 24.3 Å². The number of hydrogen-bond acceptors (Lipinski definition) is 3. The number of amides is 1. The second-order valence-corrected chi connectivity index (χ2v) is 6.41. The highest BCUT2D eigenvalue weighted by molar-refractivity contribution is 5.95. The Kier molecular flexibility index (Phi) is 4.02. The minimum Gasteiger partial charge on any atom is -0.336 e. The van der Waals surface area contributed by atoms with Gasteiger partial charge in [-0.15, -0.1) is 6.42 Å². The molecule has 1 heterocycles. The van der Waals surface area contributed by atoms with Crippen LogP contribution in [0.2, 0.25) is 0 Å². The van der Waals surface area contributed by atoms with Crippen molar-refractivity contribution in [2.24, 2.45) is 0 Å². The maximum Gasteiger partial charge on any atom is 0.276 e. The lowest BCUT2D eigenvalue weighted by Gasteiger charge is -2.20. The molecule has 3 aromatic rings. The van der Waals surface area contributed by atoms with Gasteiger partial charge < -0.3 is 5.32 Å². The summed E-state index contributed by atoms with van der Waals surface area (Å²) in [6.07, 6.45) is 7.50. The quantitative estimate of drug-likeness (QED) is 0.717. The summed E-state index contributed by atoms with van der Waals surface area (Å²) in [6, 6.07) is 14.6. The molecule has 2 unspecified atom stereocenters. The number of aromatic nitrogens is 2. The number of aryl methyl sites for hydroxylation is 1. The summed E-state index contributed by atoms with van der Waals surface area (Å²) in [4.78, 5) is 25.2. The molecule has 0 aliphatic heterocycles. The molecule has 0 saturated heterocycles. The first-order valence-corrected chi connectivity index (χ1v) is 8.51. The van der Waals surface area contributed by atoms with Crippen LogP contribution in [0, 0.1) is 12.3 Å². The average Bonchev–Trinajstić information content (AvgIpc) is 3.10. The molecule has 2 aromatic carbocycles. The number of hydrogen-bond donors (Lipinski definition) is 2. The highest BCUT2D eigenvalue weighted by Gasteiger charge is 2.30. The normalized spacial score (nSPS) is 16.7. The molecule has 1 aliphatic carbocycles. The number of nitrogens with one attached hydrogen (secondary N) is 2. The molecule has 5 nitrogen and oxygen atoms in total. The Morgan fingerprint density at radius 3 is 2.85 bits per heavy atom. The molecule has 5 heteroatoms. The summed E-state index contributed by atoms with van der Waals surface area (Å²) in [5, 5.41) is 9.94. The van der Waals surface area contributed by atoms with Crippen LogP contribution in [0.3, 0.4) is 0 Å². The molecule has 0 fully saturated rings. The molecule has 1 aromatic heterocycles. The molecule has 4 rings (SSSR count). The van der Waals surface area contributed by atoms with E-state index < -0.39 is 17.4 Å². The van der Waals surface area contributed by atoms with E-state index >= 15 is 0 Å². The summed E-state index contributed by atoms with van der Waals surface area (Å²) >= 11 is 0. The molecule has 2 atom stereocenters. The van der Waals surface area contributed by atoms with Gasteiger partial charge in [-0.2, -0.15) is 5.10 Å². The fourth-order valence-corrected chi connectivity index (χ4v) is 3.63. The Morgan fingerprint density at radius 1 is 1.23 bits per heavy atom. The van der Waals surface area contributed by atoms with Crippen molar-refractivity contribution >= 4 is 16.8 Å². The van der Waals surface area contributed by atoms with Crippen molar-refractivity contribution in [2.45, 2.75) is 24.8 Å². The third-order valence-electron chi connectivity index (χ3n) is 4.94. The van der Waals surface area contributed by atoms with Crippen molar-refractivity contribution in [1.82, 2.24) is 15.5 Å². The maximum absolute atomic E-state index is 12.7. The minimum atomic E-state index is -0.552. The number of para-hydroxylation sites is 1. The van der Waals surface area contributed by atoms with Gasteiger partial charge in [-0.1, -0.05) is 42.3 Å². The van der Waals surface area contributed by atoms with Crippen LogP contribution >= 0.6 is 0 Å². The molecule has 26 heavy (non-hydrogen) atoms. The molecular formula is C21H17N3O2. The number of aromatic amines is 1. The molecule has 128 valence electrons. The number of carbonyl (C=O) groups is 1. The van der Waals surface area contributed by atoms with Gasteiger partial charge in [-0.3, -0.25) is 14.7 Å². The van der Waals surface area contributed by atoms with Gasteiger partial charge in [-0.05, 0) is 36.1 Å². The monoisotopic (exact) mass is 343 g/mol. The van der Waals surface area contributed by atoms with E-state index in [0.717, 1.165) is 18.4 Å². The van der Waals surface area contributed by atoms with Crippen molar-refractivity contribution in [1.29, 1.82) is 0 Å². The lowest BCUT2D eigenvalue weighted by molar-refractivity contribution is 0.0934. The van der Waals surface area contributed by atoms with E-state index in [9.17, 15) is 9.59 Å². The van der Waals surface area contributed by atoms with Gasteiger partial charge in [-0.25, -0.2) is 0 Å². The second-order valence-electron chi connectivity index (χ2n) is 6.41. The van der Waals surface area contributed by atoms with Crippen molar-refractivity contribution in [3.63, 3.8) is 0 Å². The summed E-state index contributed by atoms with van der Waals surface area (Å²) in [7, 11) is 0. The third-order valence-corrected chi connectivity index (χ3v) is 4.94. The number of nitrogens with zero attached hydrogens (tertiary/aromatic N) is 1. The van der Waals surface area contributed by atoms with E-state index in [4.69, 9.17) is 6.42 Å². The first kappa shape index (κ1) is 16.1. The molecule has 0 spiro atoms. The lowest BCUT2D eigenvalue weighted by atomic mass is 9.93. The van der Waals surface area contributed by atoms with Crippen LogP contribution in [-0.4, -0.2) is 22.1 Å².